The zero-order chi connectivity index (χ0) is 22.8. The summed E-state index contributed by atoms with van der Waals surface area (Å²) in [6, 6.07) is 5.81. The van der Waals surface area contributed by atoms with Gasteiger partial charge in [0.05, 0.1) is 11.6 Å². The predicted octanol–water partition coefficient (Wildman–Crippen LogP) is 4.72. The highest BCUT2D eigenvalue weighted by molar-refractivity contribution is 5.65. The SMILES string of the molecule is O=C(O)NC(Cc1ccc(-c2noc(C(F)(F)F)n2)cn1)c1cccc(C(F)(F)F)c1. The van der Waals surface area contributed by atoms with Gasteiger partial charge in [-0.3, -0.25) is 4.98 Å². The molecule has 0 saturated carbocycles. The number of carbonyl (C=O) groups is 1. The smallest absolute Gasteiger partial charge is 0.465 e. The van der Waals surface area contributed by atoms with E-state index in [9.17, 15) is 31.1 Å². The first-order valence-electron chi connectivity index (χ1n) is 8.46. The Morgan fingerprint density at radius 2 is 1.84 bits per heavy atom. The van der Waals surface area contributed by atoms with Gasteiger partial charge in [-0.25, -0.2) is 4.79 Å². The van der Waals surface area contributed by atoms with Gasteiger partial charge < -0.3 is 14.9 Å². The zero-order valence-electron chi connectivity index (χ0n) is 15.2. The predicted molar refractivity (Wildman–Crippen MR) is 91.6 cm³/mol. The molecule has 0 aliphatic carbocycles. The Hall–Kier alpha value is -3.64. The third-order valence-electron chi connectivity index (χ3n) is 4.08. The fourth-order valence-corrected chi connectivity index (χ4v) is 2.68. The maximum absolute atomic E-state index is 13.0. The zero-order valence-corrected chi connectivity index (χ0v) is 15.2. The Morgan fingerprint density at radius 3 is 2.39 bits per heavy atom. The van der Waals surface area contributed by atoms with Crippen molar-refractivity contribution >= 4 is 6.09 Å². The van der Waals surface area contributed by atoms with E-state index in [1.807, 2.05) is 0 Å². The lowest BCUT2D eigenvalue weighted by atomic mass is 9.99. The van der Waals surface area contributed by atoms with Gasteiger partial charge in [0.2, 0.25) is 5.82 Å². The van der Waals surface area contributed by atoms with E-state index in [4.69, 9.17) is 5.11 Å². The fraction of sp³-hybridized carbons (Fsp3) is 0.222. The van der Waals surface area contributed by atoms with Crippen LogP contribution in [0.4, 0.5) is 31.1 Å². The number of alkyl halides is 6. The van der Waals surface area contributed by atoms with Crippen molar-refractivity contribution in [3.8, 4) is 11.4 Å². The van der Waals surface area contributed by atoms with E-state index < -0.39 is 35.9 Å². The molecule has 0 aliphatic heterocycles. The fourth-order valence-electron chi connectivity index (χ4n) is 2.68. The second-order valence-electron chi connectivity index (χ2n) is 6.29. The Labute approximate surface area is 169 Å². The molecule has 0 spiro atoms. The lowest BCUT2D eigenvalue weighted by molar-refractivity contribution is -0.159. The van der Waals surface area contributed by atoms with Gasteiger partial charge in [0.15, 0.2) is 0 Å². The summed E-state index contributed by atoms with van der Waals surface area (Å²) in [5.74, 6) is -1.88. The summed E-state index contributed by atoms with van der Waals surface area (Å²) in [6.07, 6.45) is -9.84. The summed E-state index contributed by atoms with van der Waals surface area (Å²) >= 11 is 0. The largest absolute Gasteiger partial charge is 0.471 e. The summed E-state index contributed by atoms with van der Waals surface area (Å²) in [4.78, 5) is 18.3. The van der Waals surface area contributed by atoms with Gasteiger partial charge in [-0.2, -0.15) is 31.3 Å². The van der Waals surface area contributed by atoms with Crippen LogP contribution in [0.1, 0.15) is 28.8 Å². The number of hydrogen-bond acceptors (Lipinski definition) is 5. The van der Waals surface area contributed by atoms with Crippen LogP contribution in [0, 0.1) is 0 Å². The summed E-state index contributed by atoms with van der Waals surface area (Å²) in [5, 5.41) is 14.4. The topological polar surface area (TPSA) is 101 Å². The minimum atomic E-state index is -4.81. The molecule has 0 fully saturated rings. The van der Waals surface area contributed by atoms with Crippen molar-refractivity contribution in [2.45, 2.75) is 24.8 Å². The lowest BCUT2D eigenvalue weighted by Crippen LogP contribution is -2.28. The van der Waals surface area contributed by atoms with E-state index >= 15 is 0 Å². The van der Waals surface area contributed by atoms with E-state index in [0.717, 1.165) is 24.4 Å². The van der Waals surface area contributed by atoms with Crippen LogP contribution in [0.2, 0.25) is 0 Å². The van der Waals surface area contributed by atoms with Crippen LogP contribution >= 0.6 is 0 Å². The molecule has 3 rings (SSSR count). The third kappa shape index (κ3) is 5.49. The molecule has 2 aromatic heterocycles. The van der Waals surface area contributed by atoms with Crippen LogP contribution in [0.15, 0.2) is 47.1 Å². The van der Waals surface area contributed by atoms with E-state index in [0.29, 0.717) is 0 Å². The highest BCUT2D eigenvalue weighted by atomic mass is 19.4. The van der Waals surface area contributed by atoms with Crippen LogP contribution in [0.3, 0.4) is 0 Å². The van der Waals surface area contributed by atoms with E-state index in [1.165, 1.54) is 18.2 Å². The van der Waals surface area contributed by atoms with E-state index in [2.05, 4.69) is 25.0 Å². The quantitative estimate of drug-likeness (QED) is 0.550. The van der Waals surface area contributed by atoms with Crippen LogP contribution in [0.25, 0.3) is 11.4 Å². The number of benzene rings is 1. The number of carboxylic acid groups (broad SMARTS) is 1. The summed E-state index contributed by atoms with van der Waals surface area (Å²) in [5.41, 5.74) is -0.511. The van der Waals surface area contributed by atoms with Crippen LogP contribution < -0.4 is 5.32 Å². The molecule has 0 aliphatic rings. The monoisotopic (exact) mass is 446 g/mol. The molecule has 2 heterocycles. The van der Waals surface area contributed by atoms with Crippen molar-refractivity contribution in [3.05, 3.63) is 65.3 Å². The van der Waals surface area contributed by atoms with Gasteiger partial charge in [0.25, 0.3) is 0 Å². The molecule has 7 nitrogen and oxygen atoms in total. The van der Waals surface area contributed by atoms with Gasteiger partial charge in [-0.05, 0) is 29.8 Å². The maximum atomic E-state index is 13.0. The summed E-state index contributed by atoms with van der Waals surface area (Å²) in [6.45, 7) is 0. The minimum absolute atomic E-state index is 0.0658. The molecular weight excluding hydrogens is 434 g/mol. The number of hydrogen-bond donors (Lipinski definition) is 2. The highest BCUT2D eigenvalue weighted by Crippen LogP contribution is 2.32. The Bertz CT molecular complexity index is 1060. The maximum Gasteiger partial charge on any atom is 0.471 e. The summed E-state index contributed by atoms with van der Waals surface area (Å²) < 4.78 is 80.7. The molecular formula is C18H12F6N4O3. The number of nitrogens with zero attached hydrogens (tertiary/aromatic N) is 3. The molecule has 1 aromatic carbocycles. The van der Waals surface area contributed by atoms with Crippen LogP contribution in [-0.4, -0.2) is 26.3 Å². The standard InChI is InChI=1S/C18H12F6N4O3/c19-17(20,21)11-3-1-2-9(6-11)13(26-16(29)30)7-12-5-4-10(8-25-12)14-27-15(31-28-14)18(22,23)24/h1-6,8,13,26H,7H2,(H,29,30). The van der Waals surface area contributed by atoms with Gasteiger partial charge in [-0.1, -0.05) is 17.3 Å². The first kappa shape index (κ1) is 22.1. The second kappa shape index (κ2) is 8.24. The number of pyridine rings is 1. The summed E-state index contributed by atoms with van der Waals surface area (Å²) in [7, 11) is 0. The lowest BCUT2D eigenvalue weighted by Gasteiger charge is -2.18. The molecule has 164 valence electrons. The molecule has 13 heteroatoms. The molecule has 0 bridgehead atoms. The average molecular weight is 446 g/mol. The van der Waals surface area contributed by atoms with Crippen molar-refractivity contribution < 1.29 is 40.8 Å². The van der Waals surface area contributed by atoms with Crippen LogP contribution in [-0.2, 0) is 18.8 Å². The molecule has 1 atom stereocenters. The molecule has 0 saturated heterocycles. The number of halogens is 6. The first-order valence-corrected chi connectivity index (χ1v) is 8.46. The van der Waals surface area contributed by atoms with Crippen molar-refractivity contribution in [1.82, 2.24) is 20.4 Å². The van der Waals surface area contributed by atoms with Gasteiger partial charge in [-0.15, -0.1) is 0 Å². The number of nitrogens with one attached hydrogen (secondary N) is 1. The first-order chi connectivity index (χ1) is 14.4. The highest BCUT2D eigenvalue weighted by Gasteiger charge is 2.38. The van der Waals surface area contributed by atoms with Crippen LogP contribution in [0.5, 0.6) is 0 Å². The Kier molecular flexibility index (Phi) is 5.86. The molecule has 0 radical (unpaired) electrons. The normalized spacial score (nSPS) is 13.1. The minimum Gasteiger partial charge on any atom is -0.465 e. The number of aromatic nitrogens is 3. The molecule has 1 unspecified atom stereocenters. The van der Waals surface area contributed by atoms with E-state index in [1.54, 1.807) is 0 Å². The average Bonchev–Trinajstić information content (AvgIpc) is 3.18. The third-order valence-corrected chi connectivity index (χ3v) is 4.08. The Balaban J connectivity index is 1.83. The molecule has 1 amide bonds. The van der Waals surface area contributed by atoms with E-state index in [-0.39, 0.29) is 29.1 Å². The van der Waals surface area contributed by atoms with Crippen molar-refractivity contribution in [2.75, 3.05) is 0 Å². The molecule has 3 aromatic rings. The van der Waals surface area contributed by atoms with Crippen molar-refractivity contribution in [1.29, 1.82) is 0 Å². The molecule has 31 heavy (non-hydrogen) atoms. The molecule has 2 N–H and O–H groups in total. The Morgan fingerprint density at radius 1 is 1.10 bits per heavy atom. The van der Waals surface area contributed by atoms with Gasteiger partial charge >= 0.3 is 24.3 Å². The van der Waals surface area contributed by atoms with Gasteiger partial charge in [0.1, 0.15) is 0 Å². The number of rotatable bonds is 5. The van der Waals surface area contributed by atoms with Crippen molar-refractivity contribution in [2.24, 2.45) is 0 Å². The van der Waals surface area contributed by atoms with Crippen molar-refractivity contribution in [3.63, 3.8) is 0 Å². The number of amides is 1. The van der Waals surface area contributed by atoms with Gasteiger partial charge in [0, 0.05) is 23.9 Å². The second-order valence-corrected chi connectivity index (χ2v) is 6.29.